The normalized spacial score (nSPS) is 27.1. The Hall–Kier alpha value is -2.62. The number of hydrogen-bond acceptors (Lipinski definition) is 7. The van der Waals surface area contributed by atoms with E-state index in [0.717, 1.165) is 43.1 Å². The highest BCUT2D eigenvalue weighted by atomic mass is 16.5. The molecule has 0 bridgehead atoms. The molecule has 4 aliphatic rings. The van der Waals surface area contributed by atoms with Crippen molar-refractivity contribution in [1.82, 2.24) is 20.9 Å². The molecule has 33 heavy (non-hydrogen) atoms. The lowest BCUT2D eigenvalue weighted by Crippen LogP contribution is -2.54. The fourth-order valence-corrected chi connectivity index (χ4v) is 5.44. The Kier molecular flexibility index (Phi) is 6.03. The van der Waals surface area contributed by atoms with Gasteiger partial charge in [0.05, 0.1) is 23.8 Å². The molecular formula is C24H30N4O5. The first-order valence-corrected chi connectivity index (χ1v) is 11.8. The molecule has 0 radical (unpaired) electrons. The van der Waals surface area contributed by atoms with Gasteiger partial charge in [0, 0.05) is 19.5 Å². The van der Waals surface area contributed by atoms with Crippen LogP contribution in [0.15, 0.2) is 18.2 Å². The van der Waals surface area contributed by atoms with E-state index in [-0.39, 0.29) is 24.9 Å². The van der Waals surface area contributed by atoms with Gasteiger partial charge in [-0.05, 0) is 68.3 Å². The second kappa shape index (κ2) is 8.96. The Morgan fingerprint density at radius 3 is 2.55 bits per heavy atom. The third-order valence-electron chi connectivity index (χ3n) is 7.49. The van der Waals surface area contributed by atoms with Gasteiger partial charge in [0.2, 0.25) is 11.8 Å². The molecule has 2 unspecified atom stereocenters. The summed E-state index contributed by atoms with van der Waals surface area (Å²) < 4.78 is 6.16. The minimum Gasteiger partial charge on any atom is -0.376 e. The van der Waals surface area contributed by atoms with Crippen LogP contribution < -0.4 is 16.0 Å². The van der Waals surface area contributed by atoms with Crippen LogP contribution >= 0.6 is 0 Å². The van der Waals surface area contributed by atoms with E-state index >= 15 is 0 Å². The van der Waals surface area contributed by atoms with Crippen LogP contribution in [0.4, 0.5) is 0 Å². The Balaban J connectivity index is 1.16. The van der Waals surface area contributed by atoms with Crippen molar-refractivity contribution >= 4 is 23.6 Å². The highest BCUT2D eigenvalue weighted by molar-refractivity contribution is 6.23. The minimum absolute atomic E-state index is 0.111. The van der Waals surface area contributed by atoms with Crippen LogP contribution in [0.5, 0.6) is 0 Å². The Morgan fingerprint density at radius 1 is 1.03 bits per heavy atom. The lowest BCUT2D eigenvalue weighted by atomic mass is 9.74. The summed E-state index contributed by atoms with van der Waals surface area (Å²) in [6.45, 7) is 4.27. The van der Waals surface area contributed by atoms with Crippen molar-refractivity contribution in [3.8, 4) is 0 Å². The van der Waals surface area contributed by atoms with Gasteiger partial charge in [-0.2, -0.15) is 0 Å². The van der Waals surface area contributed by atoms with Crippen molar-refractivity contribution in [3.63, 3.8) is 0 Å². The molecule has 1 aromatic rings. The second-order valence-corrected chi connectivity index (χ2v) is 9.68. The molecular weight excluding hydrogens is 424 g/mol. The molecule has 3 fully saturated rings. The molecule has 9 nitrogen and oxygen atoms in total. The number of rotatable bonds is 5. The average Bonchev–Trinajstić information content (AvgIpc) is 3.06. The summed E-state index contributed by atoms with van der Waals surface area (Å²) in [5, 5.41) is 9.05. The first kappa shape index (κ1) is 22.2. The molecule has 1 aromatic carbocycles. The molecule has 9 heteroatoms. The molecule has 4 amide bonds. The predicted molar refractivity (Wildman–Crippen MR) is 118 cm³/mol. The van der Waals surface area contributed by atoms with Crippen molar-refractivity contribution in [3.05, 3.63) is 34.9 Å². The van der Waals surface area contributed by atoms with Gasteiger partial charge in [0.15, 0.2) is 0 Å². The van der Waals surface area contributed by atoms with E-state index in [0.29, 0.717) is 23.1 Å². The summed E-state index contributed by atoms with van der Waals surface area (Å²) in [7, 11) is 0. The molecule has 3 N–H and O–H groups in total. The first-order valence-electron chi connectivity index (χ1n) is 11.8. The van der Waals surface area contributed by atoms with Crippen molar-refractivity contribution in [2.45, 2.75) is 57.2 Å². The number of carbonyl (C=O) groups is 4. The van der Waals surface area contributed by atoms with E-state index in [2.05, 4.69) is 16.0 Å². The first-order chi connectivity index (χ1) is 16.0. The number of nitrogens with one attached hydrogen (secondary N) is 3. The smallest absolute Gasteiger partial charge is 0.262 e. The van der Waals surface area contributed by atoms with E-state index in [1.54, 1.807) is 12.1 Å². The molecule has 4 aliphatic heterocycles. The Labute approximate surface area is 192 Å². The van der Waals surface area contributed by atoms with E-state index < -0.39 is 23.8 Å². The molecule has 1 spiro atoms. The number of nitrogens with zero attached hydrogens (tertiary/aromatic N) is 1. The SMILES string of the molecule is O=C1CCC(N2C(=O)c3ccc(CNCC4CCC5(CCNCC5)CO4)cc3C2=O)C(=O)N1. The molecule has 5 rings (SSSR count). The number of imide groups is 2. The van der Waals surface area contributed by atoms with Crippen LogP contribution in [0.1, 0.15) is 64.8 Å². The van der Waals surface area contributed by atoms with Crippen LogP contribution in [-0.2, 0) is 20.9 Å². The third kappa shape index (κ3) is 4.32. The van der Waals surface area contributed by atoms with Crippen LogP contribution in [0.25, 0.3) is 0 Å². The molecule has 0 aromatic heterocycles. The second-order valence-electron chi connectivity index (χ2n) is 9.68. The van der Waals surface area contributed by atoms with Crippen molar-refractivity contribution in [2.75, 3.05) is 26.2 Å². The molecule has 176 valence electrons. The highest BCUT2D eigenvalue weighted by Gasteiger charge is 2.44. The van der Waals surface area contributed by atoms with Crippen molar-refractivity contribution < 1.29 is 23.9 Å². The van der Waals surface area contributed by atoms with Gasteiger partial charge in [0.1, 0.15) is 6.04 Å². The highest BCUT2D eigenvalue weighted by Crippen LogP contribution is 2.38. The van der Waals surface area contributed by atoms with Crippen LogP contribution in [0.3, 0.4) is 0 Å². The number of hydrogen-bond donors (Lipinski definition) is 3. The largest absolute Gasteiger partial charge is 0.376 e. The summed E-state index contributed by atoms with van der Waals surface area (Å²) in [6, 6.07) is 4.26. The van der Waals surface area contributed by atoms with Gasteiger partial charge in [0.25, 0.3) is 11.8 Å². The van der Waals surface area contributed by atoms with Crippen LogP contribution in [-0.4, -0.2) is 66.9 Å². The average molecular weight is 455 g/mol. The Bertz CT molecular complexity index is 977. The maximum absolute atomic E-state index is 12.9. The van der Waals surface area contributed by atoms with Crippen LogP contribution in [0.2, 0.25) is 0 Å². The number of amides is 4. The van der Waals surface area contributed by atoms with Gasteiger partial charge < -0.3 is 15.4 Å². The number of carbonyl (C=O) groups excluding carboxylic acids is 4. The van der Waals surface area contributed by atoms with Gasteiger partial charge in [-0.3, -0.25) is 29.4 Å². The maximum atomic E-state index is 12.9. The quantitative estimate of drug-likeness (QED) is 0.562. The van der Waals surface area contributed by atoms with E-state index in [1.807, 2.05) is 6.07 Å². The predicted octanol–water partition coefficient (Wildman–Crippen LogP) is 0.726. The fraction of sp³-hybridized carbons (Fsp3) is 0.583. The van der Waals surface area contributed by atoms with Crippen molar-refractivity contribution in [2.24, 2.45) is 5.41 Å². The zero-order chi connectivity index (χ0) is 23.0. The lowest BCUT2D eigenvalue weighted by Gasteiger charge is -2.43. The molecule has 0 saturated carbocycles. The monoisotopic (exact) mass is 454 g/mol. The van der Waals surface area contributed by atoms with Crippen LogP contribution in [0, 0.1) is 5.41 Å². The van der Waals surface area contributed by atoms with Gasteiger partial charge >= 0.3 is 0 Å². The fourth-order valence-electron chi connectivity index (χ4n) is 5.44. The summed E-state index contributed by atoms with van der Waals surface area (Å²) in [4.78, 5) is 50.3. The summed E-state index contributed by atoms with van der Waals surface area (Å²) >= 11 is 0. The number of fused-ring (bicyclic) bond motifs is 1. The maximum Gasteiger partial charge on any atom is 0.262 e. The minimum atomic E-state index is -0.941. The number of benzene rings is 1. The van der Waals surface area contributed by atoms with Gasteiger partial charge in [-0.25, -0.2) is 0 Å². The third-order valence-corrected chi connectivity index (χ3v) is 7.49. The topological polar surface area (TPSA) is 117 Å². The van der Waals surface area contributed by atoms with E-state index in [4.69, 9.17) is 4.74 Å². The molecule has 2 atom stereocenters. The van der Waals surface area contributed by atoms with Crippen molar-refractivity contribution in [1.29, 1.82) is 0 Å². The molecule has 3 saturated heterocycles. The standard InChI is InChI=1S/C24H30N4O5/c29-20-4-3-19(21(30)27-20)28-22(31)17-2-1-15(11-18(17)23(28)32)12-26-13-16-5-6-24(14-33-16)7-9-25-10-8-24/h1-2,11,16,19,25-26H,3-10,12-14H2,(H,27,29,30). The number of piperidine rings is 2. The van der Waals surface area contributed by atoms with Gasteiger partial charge in [-0.15, -0.1) is 0 Å². The summed E-state index contributed by atoms with van der Waals surface area (Å²) in [6.07, 6.45) is 5.07. The zero-order valence-corrected chi connectivity index (χ0v) is 18.7. The van der Waals surface area contributed by atoms with E-state index in [9.17, 15) is 19.2 Å². The molecule has 4 heterocycles. The van der Waals surface area contributed by atoms with Gasteiger partial charge in [-0.1, -0.05) is 6.07 Å². The summed E-state index contributed by atoms with van der Waals surface area (Å²) in [5.74, 6) is -1.93. The summed E-state index contributed by atoms with van der Waals surface area (Å²) in [5.41, 5.74) is 1.86. The Morgan fingerprint density at radius 2 is 1.82 bits per heavy atom. The molecule has 0 aliphatic carbocycles. The lowest BCUT2D eigenvalue weighted by molar-refractivity contribution is -0.136. The number of ether oxygens (including phenoxy) is 1. The van der Waals surface area contributed by atoms with E-state index in [1.165, 1.54) is 19.3 Å². The zero-order valence-electron chi connectivity index (χ0n) is 18.7.